The molecule has 4 rings (SSSR count). The molecule has 1 aliphatic rings. The number of hydrogen-bond acceptors (Lipinski definition) is 3. The van der Waals surface area contributed by atoms with Gasteiger partial charge in [-0.25, -0.2) is 4.98 Å². The van der Waals surface area contributed by atoms with Gasteiger partial charge in [0.1, 0.15) is 5.82 Å². The Morgan fingerprint density at radius 3 is 2.64 bits per heavy atom. The van der Waals surface area contributed by atoms with Gasteiger partial charge in [-0.2, -0.15) is 0 Å². The number of nitrogens with one attached hydrogen (secondary N) is 2. The van der Waals surface area contributed by atoms with Crippen LogP contribution in [0.1, 0.15) is 19.4 Å². The molecule has 0 unspecified atom stereocenters. The summed E-state index contributed by atoms with van der Waals surface area (Å²) in [6, 6.07) is 7.73. The van der Waals surface area contributed by atoms with E-state index in [0.717, 1.165) is 44.8 Å². The molecule has 0 fully saturated rings. The van der Waals surface area contributed by atoms with Gasteiger partial charge in [-0.05, 0) is 38.1 Å². The number of anilines is 1. The van der Waals surface area contributed by atoms with Crippen molar-refractivity contribution >= 4 is 28.2 Å². The highest BCUT2D eigenvalue weighted by Gasteiger charge is 2.26. The second-order valence-electron chi connectivity index (χ2n) is 5.57. The van der Waals surface area contributed by atoms with E-state index in [1.165, 1.54) is 0 Å². The van der Waals surface area contributed by atoms with E-state index in [2.05, 4.69) is 20.3 Å². The second-order valence-corrected chi connectivity index (χ2v) is 5.57. The minimum Gasteiger partial charge on any atom is -0.338 e. The van der Waals surface area contributed by atoms with E-state index in [1.807, 2.05) is 38.1 Å². The second kappa shape index (κ2) is 4.53. The molecule has 3 heterocycles. The number of nitrogens with zero attached hydrogens (tertiary/aromatic N) is 2. The topological polar surface area (TPSA) is 70.7 Å². The van der Waals surface area contributed by atoms with Crippen molar-refractivity contribution in [3.8, 4) is 11.4 Å². The Morgan fingerprint density at radius 2 is 1.91 bits per heavy atom. The number of allylic oxidation sites excluding steroid dienone is 1. The van der Waals surface area contributed by atoms with Crippen LogP contribution in [-0.2, 0) is 4.79 Å². The zero-order valence-corrected chi connectivity index (χ0v) is 12.3. The highest BCUT2D eigenvalue weighted by molar-refractivity contribution is 6.32. The van der Waals surface area contributed by atoms with Crippen LogP contribution in [0.5, 0.6) is 0 Å². The number of aromatic amines is 1. The molecule has 0 radical (unpaired) electrons. The fraction of sp³-hybridized carbons (Fsp3) is 0.118. The highest BCUT2D eigenvalue weighted by Crippen LogP contribution is 2.36. The number of H-pyrrole nitrogens is 1. The third-order valence-corrected chi connectivity index (χ3v) is 3.82. The zero-order chi connectivity index (χ0) is 15.3. The van der Waals surface area contributed by atoms with Crippen LogP contribution in [0.4, 0.5) is 5.69 Å². The molecular weight excluding hydrogens is 276 g/mol. The number of carbonyl (C=O) groups is 1. The lowest BCUT2D eigenvalue weighted by molar-refractivity contribution is -0.110. The third kappa shape index (κ3) is 1.83. The van der Waals surface area contributed by atoms with Gasteiger partial charge in [0.25, 0.3) is 5.91 Å². The first kappa shape index (κ1) is 12.8. The summed E-state index contributed by atoms with van der Waals surface area (Å²) < 4.78 is 0. The molecule has 2 N–H and O–H groups in total. The van der Waals surface area contributed by atoms with Crippen molar-refractivity contribution in [1.82, 2.24) is 15.0 Å². The standard InChI is InChI=1S/C17H14N4O/c1-9(2)15-11-7-13-14(8-12(11)21-17(15)22)20-16(19-13)10-3-5-18-6-4-10/h3-8H,1-2H3,(H,19,20)(H,21,22). The van der Waals surface area contributed by atoms with Crippen molar-refractivity contribution in [2.75, 3.05) is 5.32 Å². The van der Waals surface area contributed by atoms with Gasteiger partial charge in [-0.1, -0.05) is 5.57 Å². The van der Waals surface area contributed by atoms with Crippen LogP contribution < -0.4 is 5.32 Å². The predicted molar refractivity (Wildman–Crippen MR) is 86.2 cm³/mol. The molecule has 0 aliphatic carbocycles. The number of hydrogen-bond donors (Lipinski definition) is 2. The maximum absolute atomic E-state index is 12.1. The first-order valence-electron chi connectivity index (χ1n) is 7.07. The van der Waals surface area contributed by atoms with Crippen LogP contribution in [-0.4, -0.2) is 20.9 Å². The number of pyridine rings is 1. The van der Waals surface area contributed by atoms with Crippen molar-refractivity contribution in [2.45, 2.75) is 13.8 Å². The third-order valence-electron chi connectivity index (χ3n) is 3.82. The normalized spacial score (nSPS) is 13.4. The number of benzene rings is 1. The minimum absolute atomic E-state index is 0.0444. The largest absolute Gasteiger partial charge is 0.338 e. The Balaban J connectivity index is 1.91. The van der Waals surface area contributed by atoms with Crippen LogP contribution in [0.15, 0.2) is 42.2 Å². The number of amides is 1. The monoisotopic (exact) mass is 290 g/mol. The average Bonchev–Trinajstić information content (AvgIpc) is 3.04. The van der Waals surface area contributed by atoms with Crippen LogP contribution >= 0.6 is 0 Å². The van der Waals surface area contributed by atoms with Crippen LogP contribution in [0.2, 0.25) is 0 Å². The summed E-state index contributed by atoms with van der Waals surface area (Å²) in [4.78, 5) is 24.0. The van der Waals surface area contributed by atoms with Gasteiger partial charge in [0.15, 0.2) is 0 Å². The van der Waals surface area contributed by atoms with E-state index in [1.54, 1.807) is 12.4 Å². The SMILES string of the molecule is CC(C)=C1C(=O)Nc2cc3[nH]c(-c4ccncc4)nc3cc21. The molecule has 1 aromatic carbocycles. The van der Waals surface area contributed by atoms with Crippen molar-refractivity contribution in [2.24, 2.45) is 0 Å². The van der Waals surface area contributed by atoms with Gasteiger partial charge >= 0.3 is 0 Å². The summed E-state index contributed by atoms with van der Waals surface area (Å²) in [7, 11) is 0. The van der Waals surface area contributed by atoms with Crippen molar-refractivity contribution in [3.63, 3.8) is 0 Å². The zero-order valence-electron chi connectivity index (χ0n) is 12.3. The molecule has 0 atom stereocenters. The summed E-state index contributed by atoms with van der Waals surface area (Å²) in [5.41, 5.74) is 6.23. The maximum atomic E-state index is 12.1. The van der Waals surface area contributed by atoms with Gasteiger partial charge in [-0.15, -0.1) is 0 Å². The van der Waals surface area contributed by atoms with Crippen LogP contribution in [0.3, 0.4) is 0 Å². The molecule has 5 heteroatoms. The Bertz CT molecular complexity index is 934. The molecule has 3 aromatic rings. The van der Waals surface area contributed by atoms with E-state index >= 15 is 0 Å². The van der Waals surface area contributed by atoms with E-state index < -0.39 is 0 Å². The van der Waals surface area contributed by atoms with Gasteiger partial charge in [0.2, 0.25) is 0 Å². The highest BCUT2D eigenvalue weighted by atomic mass is 16.2. The lowest BCUT2D eigenvalue weighted by atomic mass is 10.0. The van der Waals surface area contributed by atoms with Gasteiger partial charge in [0.05, 0.1) is 16.7 Å². The molecule has 0 spiro atoms. The number of aromatic nitrogens is 3. The van der Waals surface area contributed by atoms with Crippen molar-refractivity contribution in [1.29, 1.82) is 0 Å². The van der Waals surface area contributed by atoms with E-state index in [4.69, 9.17) is 0 Å². The van der Waals surface area contributed by atoms with Crippen molar-refractivity contribution < 1.29 is 4.79 Å². The molecule has 0 saturated carbocycles. The van der Waals surface area contributed by atoms with Crippen molar-refractivity contribution in [3.05, 3.63) is 47.8 Å². The summed E-state index contributed by atoms with van der Waals surface area (Å²) in [6.07, 6.45) is 3.48. The van der Waals surface area contributed by atoms with Crippen LogP contribution in [0, 0.1) is 0 Å². The Morgan fingerprint density at radius 1 is 1.14 bits per heavy atom. The predicted octanol–water partition coefficient (Wildman–Crippen LogP) is 3.37. The van der Waals surface area contributed by atoms with E-state index in [9.17, 15) is 4.79 Å². The molecule has 5 nitrogen and oxygen atoms in total. The van der Waals surface area contributed by atoms with Crippen LogP contribution in [0.25, 0.3) is 28.0 Å². The van der Waals surface area contributed by atoms with Gasteiger partial charge < -0.3 is 10.3 Å². The quantitative estimate of drug-likeness (QED) is 0.675. The number of carbonyl (C=O) groups excluding carboxylic acids is 1. The lowest BCUT2D eigenvalue weighted by Gasteiger charge is -1.99. The first-order chi connectivity index (χ1) is 10.6. The summed E-state index contributed by atoms with van der Waals surface area (Å²) >= 11 is 0. The maximum Gasteiger partial charge on any atom is 0.256 e. The first-order valence-corrected chi connectivity index (χ1v) is 7.07. The number of imidazole rings is 1. The molecular formula is C17H14N4O. The molecule has 2 aromatic heterocycles. The molecule has 0 saturated heterocycles. The fourth-order valence-electron chi connectivity index (χ4n) is 2.82. The fourth-order valence-corrected chi connectivity index (χ4v) is 2.82. The van der Waals surface area contributed by atoms with E-state index in [-0.39, 0.29) is 5.91 Å². The summed E-state index contributed by atoms with van der Waals surface area (Å²) in [5, 5.41) is 2.92. The molecule has 108 valence electrons. The summed E-state index contributed by atoms with van der Waals surface area (Å²) in [5.74, 6) is 0.753. The number of rotatable bonds is 1. The number of fused-ring (bicyclic) bond motifs is 2. The Hall–Kier alpha value is -2.95. The molecule has 1 aliphatic heterocycles. The van der Waals surface area contributed by atoms with E-state index in [0.29, 0.717) is 0 Å². The Kier molecular flexibility index (Phi) is 2.63. The lowest BCUT2D eigenvalue weighted by Crippen LogP contribution is -2.04. The smallest absolute Gasteiger partial charge is 0.256 e. The molecule has 22 heavy (non-hydrogen) atoms. The molecule has 0 bridgehead atoms. The molecule has 1 amide bonds. The van der Waals surface area contributed by atoms with Gasteiger partial charge in [-0.3, -0.25) is 9.78 Å². The average molecular weight is 290 g/mol. The van der Waals surface area contributed by atoms with Gasteiger partial charge in [0, 0.05) is 29.1 Å². The Labute approximate surface area is 127 Å². The minimum atomic E-state index is -0.0444. The summed E-state index contributed by atoms with van der Waals surface area (Å²) in [6.45, 7) is 3.89.